The van der Waals surface area contributed by atoms with E-state index in [2.05, 4.69) is 4.18 Å². The van der Waals surface area contributed by atoms with Crippen LogP contribution in [0.1, 0.15) is 55.8 Å². The highest BCUT2D eigenvalue weighted by Crippen LogP contribution is 2.35. The minimum atomic E-state index is -5.06. The Hall–Kier alpha value is -1.63. The summed E-state index contributed by atoms with van der Waals surface area (Å²) in [6.45, 7) is 2.00. The third-order valence-corrected chi connectivity index (χ3v) is 4.40. The molecule has 0 amide bonds. The first kappa shape index (κ1) is 16.7. The van der Waals surface area contributed by atoms with Gasteiger partial charge in [-0.2, -0.15) is 8.42 Å². The van der Waals surface area contributed by atoms with Crippen molar-refractivity contribution in [1.29, 1.82) is 0 Å². The first-order valence-corrected chi connectivity index (χ1v) is 8.62. The highest BCUT2D eigenvalue weighted by Gasteiger charge is 2.34. The Morgan fingerprint density at radius 2 is 1.77 bits per heavy atom. The van der Waals surface area contributed by atoms with E-state index in [1.807, 2.05) is 6.92 Å². The molecule has 0 bridgehead atoms. The quantitative estimate of drug-likeness (QED) is 0.610. The molecule has 1 saturated carbocycles. The highest BCUT2D eigenvalue weighted by molar-refractivity contribution is 7.81. The summed E-state index contributed by atoms with van der Waals surface area (Å²) in [5.41, 5.74) is -0.130. The fourth-order valence-corrected chi connectivity index (χ4v) is 3.08. The van der Waals surface area contributed by atoms with E-state index in [0.29, 0.717) is 0 Å². The van der Waals surface area contributed by atoms with Crippen LogP contribution in [0.25, 0.3) is 0 Å². The molecule has 1 fully saturated rings. The second-order valence-corrected chi connectivity index (χ2v) is 6.44. The average molecular weight is 330 g/mol. The van der Waals surface area contributed by atoms with E-state index in [0.717, 1.165) is 38.5 Å². The van der Waals surface area contributed by atoms with Crippen molar-refractivity contribution in [3.8, 4) is 5.75 Å². The Bertz CT molecular complexity index is 618. The number of carbonyl (C=O) groups is 1. The Kier molecular flexibility index (Phi) is 5.05. The SMILES string of the molecule is CCC1(OC(=O)c2ccc(OS(=O)(=O)F)cc2)CCCCC1. The van der Waals surface area contributed by atoms with Gasteiger partial charge in [0.25, 0.3) is 0 Å². The van der Waals surface area contributed by atoms with Crippen molar-refractivity contribution in [1.82, 2.24) is 0 Å². The molecule has 22 heavy (non-hydrogen) atoms. The monoisotopic (exact) mass is 330 g/mol. The molecule has 0 unspecified atom stereocenters. The molecule has 1 aromatic rings. The summed E-state index contributed by atoms with van der Waals surface area (Å²) in [7, 11) is -5.06. The van der Waals surface area contributed by atoms with E-state index in [1.54, 1.807) is 0 Å². The fraction of sp³-hybridized carbons (Fsp3) is 0.533. The summed E-state index contributed by atoms with van der Waals surface area (Å²) in [5.74, 6) is -0.652. The van der Waals surface area contributed by atoms with Gasteiger partial charge in [-0.25, -0.2) is 4.79 Å². The summed E-state index contributed by atoms with van der Waals surface area (Å²) < 4.78 is 42.9. The number of ether oxygens (including phenoxy) is 1. The molecular weight excluding hydrogens is 311 g/mol. The second kappa shape index (κ2) is 6.64. The molecule has 0 aromatic heterocycles. The van der Waals surface area contributed by atoms with E-state index in [9.17, 15) is 17.1 Å². The minimum absolute atomic E-state index is 0.193. The van der Waals surface area contributed by atoms with Gasteiger partial charge in [0.2, 0.25) is 0 Å². The normalized spacial score (nSPS) is 17.7. The fourth-order valence-electron chi connectivity index (χ4n) is 2.74. The van der Waals surface area contributed by atoms with Crippen molar-refractivity contribution in [2.75, 3.05) is 0 Å². The van der Waals surface area contributed by atoms with Crippen LogP contribution in [0, 0.1) is 0 Å². The molecule has 7 heteroatoms. The lowest BCUT2D eigenvalue weighted by molar-refractivity contribution is -0.0397. The molecule has 0 atom stereocenters. The first-order valence-electron chi connectivity index (χ1n) is 7.31. The van der Waals surface area contributed by atoms with Crippen molar-refractivity contribution < 1.29 is 26.0 Å². The lowest BCUT2D eigenvalue weighted by Crippen LogP contribution is -2.36. The van der Waals surface area contributed by atoms with Gasteiger partial charge in [0.1, 0.15) is 11.4 Å². The van der Waals surface area contributed by atoms with E-state index >= 15 is 0 Å². The van der Waals surface area contributed by atoms with Gasteiger partial charge in [-0.15, -0.1) is 0 Å². The number of esters is 1. The Morgan fingerprint density at radius 3 is 2.27 bits per heavy atom. The molecule has 2 rings (SSSR count). The largest absolute Gasteiger partial charge is 0.488 e. The summed E-state index contributed by atoms with van der Waals surface area (Å²) in [6, 6.07) is 5.14. The maximum atomic E-state index is 12.4. The van der Waals surface area contributed by atoms with E-state index < -0.39 is 22.1 Å². The molecule has 0 N–H and O–H groups in total. The van der Waals surface area contributed by atoms with E-state index in [4.69, 9.17) is 4.74 Å². The molecule has 0 radical (unpaired) electrons. The molecule has 0 spiro atoms. The van der Waals surface area contributed by atoms with Crippen LogP contribution in [0.15, 0.2) is 24.3 Å². The number of rotatable bonds is 5. The van der Waals surface area contributed by atoms with Crippen molar-refractivity contribution in [2.45, 2.75) is 51.0 Å². The van der Waals surface area contributed by atoms with Gasteiger partial charge in [0.05, 0.1) is 5.56 Å². The highest BCUT2D eigenvalue weighted by atomic mass is 32.3. The van der Waals surface area contributed by atoms with E-state index in [1.165, 1.54) is 24.3 Å². The lowest BCUT2D eigenvalue weighted by atomic mass is 9.82. The molecule has 1 aromatic carbocycles. The minimum Gasteiger partial charge on any atom is -0.455 e. The third-order valence-electron chi connectivity index (χ3n) is 4.00. The van der Waals surface area contributed by atoms with Gasteiger partial charge >= 0.3 is 16.5 Å². The van der Waals surface area contributed by atoms with Crippen molar-refractivity contribution in [3.05, 3.63) is 29.8 Å². The predicted octanol–water partition coefficient (Wildman–Crippen LogP) is 3.55. The van der Waals surface area contributed by atoms with Crippen molar-refractivity contribution in [2.24, 2.45) is 0 Å². The van der Waals surface area contributed by atoms with Gasteiger partial charge in [-0.05, 0) is 56.4 Å². The molecule has 122 valence electrons. The van der Waals surface area contributed by atoms with Gasteiger partial charge in [-0.1, -0.05) is 17.2 Å². The molecule has 0 heterocycles. The molecule has 5 nitrogen and oxygen atoms in total. The summed E-state index contributed by atoms with van der Waals surface area (Å²) >= 11 is 0. The molecule has 1 aliphatic rings. The molecular formula is C15H19FO5S. The zero-order chi connectivity index (χ0) is 16.2. The van der Waals surface area contributed by atoms with Gasteiger partial charge in [0.15, 0.2) is 0 Å². The number of hydrogen-bond donors (Lipinski definition) is 0. The van der Waals surface area contributed by atoms with Crippen LogP contribution in [0.4, 0.5) is 3.89 Å². The van der Waals surface area contributed by atoms with Crippen LogP contribution < -0.4 is 4.18 Å². The van der Waals surface area contributed by atoms with Crippen LogP contribution in [-0.4, -0.2) is 20.0 Å². The lowest BCUT2D eigenvalue weighted by Gasteiger charge is -2.36. The maximum Gasteiger partial charge on any atom is 0.488 e. The zero-order valence-electron chi connectivity index (χ0n) is 12.4. The first-order chi connectivity index (χ1) is 10.3. The molecule has 0 saturated heterocycles. The van der Waals surface area contributed by atoms with E-state index in [-0.39, 0.29) is 11.3 Å². The second-order valence-electron chi connectivity index (χ2n) is 5.49. The number of hydrogen-bond acceptors (Lipinski definition) is 5. The smallest absolute Gasteiger partial charge is 0.455 e. The van der Waals surface area contributed by atoms with Crippen molar-refractivity contribution in [3.63, 3.8) is 0 Å². The topological polar surface area (TPSA) is 69.7 Å². The van der Waals surface area contributed by atoms with Crippen LogP contribution in [0.2, 0.25) is 0 Å². The average Bonchev–Trinajstić information content (AvgIpc) is 2.47. The predicted molar refractivity (Wildman–Crippen MR) is 78.6 cm³/mol. The maximum absolute atomic E-state index is 12.4. The molecule has 1 aliphatic carbocycles. The third kappa shape index (κ3) is 4.43. The Balaban J connectivity index is 2.06. The van der Waals surface area contributed by atoms with Gasteiger partial charge in [0, 0.05) is 0 Å². The summed E-state index contributed by atoms with van der Waals surface area (Å²) in [6.07, 6.45) is 5.72. The Labute approximate surface area is 129 Å². The van der Waals surface area contributed by atoms with Gasteiger partial charge < -0.3 is 8.92 Å². The summed E-state index contributed by atoms with van der Waals surface area (Å²) in [5, 5.41) is 0. The molecule has 0 aliphatic heterocycles. The van der Waals surface area contributed by atoms with Crippen LogP contribution >= 0.6 is 0 Å². The summed E-state index contributed by atoms with van der Waals surface area (Å²) in [4.78, 5) is 12.2. The Morgan fingerprint density at radius 1 is 1.18 bits per heavy atom. The van der Waals surface area contributed by atoms with Crippen molar-refractivity contribution >= 4 is 16.5 Å². The zero-order valence-corrected chi connectivity index (χ0v) is 13.2. The van der Waals surface area contributed by atoms with Gasteiger partial charge in [-0.3, -0.25) is 0 Å². The number of halogens is 1. The van der Waals surface area contributed by atoms with Crippen LogP contribution in [0.5, 0.6) is 5.75 Å². The van der Waals surface area contributed by atoms with Crippen LogP contribution in [0.3, 0.4) is 0 Å². The number of benzene rings is 1. The van der Waals surface area contributed by atoms with Crippen LogP contribution in [-0.2, 0) is 15.2 Å². The standard InChI is InChI=1S/C15H19FO5S/c1-2-15(10-4-3-5-11-15)20-14(17)12-6-8-13(9-7-12)21-22(16,18)19/h6-9H,2-5,10-11H2,1H3. The number of carbonyl (C=O) groups excluding carboxylic acids is 1.